The minimum Gasteiger partial charge on any atom is -0.497 e. The molecule has 0 saturated carbocycles. The summed E-state index contributed by atoms with van der Waals surface area (Å²) in [6.45, 7) is 3.57. The SMILES string of the molecule is CCCCCCCC(=O)CCCCCC/C=C/[C@H](C(=O)N[C@@H](Cc1ccc(-c2cccc(OC)c2)cc1)C(=O)O)[C@@](C)(O)CCC(=O)O. The van der Waals surface area contributed by atoms with Crippen molar-refractivity contribution in [2.24, 2.45) is 5.92 Å². The summed E-state index contributed by atoms with van der Waals surface area (Å²) in [5.74, 6) is -3.11. The number of methoxy groups -OCH3 is 1. The summed E-state index contributed by atoms with van der Waals surface area (Å²) in [6.07, 6.45) is 14.0. The van der Waals surface area contributed by atoms with Crippen LogP contribution in [0.2, 0.25) is 0 Å². The van der Waals surface area contributed by atoms with Gasteiger partial charge in [0.25, 0.3) is 0 Å². The lowest BCUT2D eigenvalue weighted by Gasteiger charge is -2.30. The fourth-order valence-electron chi connectivity index (χ4n) is 5.65. The summed E-state index contributed by atoms with van der Waals surface area (Å²) in [7, 11) is 1.60. The lowest BCUT2D eigenvalue weighted by Crippen LogP contribution is -2.50. The predicted molar refractivity (Wildman–Crippen MR) is 188 cm³/mol. The van der Waals surface area contributed by atoms with E-state index >= 15 is 0 Å². The van der Waals surface area contributed by atoms with Crippen molar-refractivity contribution in [3.63, 3.8) is 0 Å². The third kappa shape index (κ3) is 15.3. The molecule has 0 aromatic heterocycles. The van der Waals surface area contributed by atoms with Gasteiger partial charge < -0.3 is 25.4 Å². The molecule has 1 amide bonds. The van der Waals surface area contributed by atoms with Gasteiger partial charge in [-0.2, -0.15) is 0 Å². The Morgan fingerprint density at radius 3 is 2.10 bits per heavy atom. The number of aliphatic carboxylic acids is 2. The zero-order valence-electron chi connectivity index (χ0n) is 28.9. The summed E-state index contributed by atoms with van der Waals surface area (Å²) in [4.78, 5) is 49.0. The molecule has 0 bridgehead atoms. The van der Waals surface area contributed by atoms with E-state index < -0.39 is 35.4 Å². The molecule has 4 N–H and O–H groups in total. The topological polar surface area (TPSA) is 150 Å². The number of allylic oxidation sites excluding steroid dienone is 1. The molecule has 0 saturated heterocycles. The lowest BCUT2D eigenvalue weighted by atomic mass is 9.83. The van der Waals surface area contributed by atoms with Gasteiger partial charge in [-0.3, -0.25) is 14.4 Å². The van der Waals surface area contributed by atoms with Crippen LogP contribution in [0.1, 0.15) is 109 Å². The molecule has 48 heavy (non-hydrogen) atoms. The number of carbonyl (C=O) groups excluding carboxylic acids is 2. The number of carboxylic acids is 2. The van der Waals surface area contributed by atoms with Crippen LogP contribution in [0.4, 0.5) is 0 Å². The van der Waals surface area contributed by atoms with E-state index in [4.69, 9.17) is 4.74 Å². The van der Waals surface area contributed by atoms with E-state index in [-0.39, 0.29) is 19.3 Å². The number of benzene rings is 2. The van der Waals surface area contributed by atoms with Gasteiger partial charge in [0.05, 0.1) is 18.6 Å². The molecule has 0 aliphatic heterocycles. The summed E-state index contributed by atoms with van der Waals surface area (Å²) < 4.78 is 5.29. The van der Waals surface area contributed by atoms with Crippen LogP contribution < -0.4 is 10.1 Å². The van der Waals surface area contributed by atoms with Gasteiger partial charge in [-0.25, -0.2) is 4.79 Å². The molecule has 0 spiro atoms. The number of carbonyl (C=O) groups is 4. The highest BCUT2D eigenvalue weighted by Crippen LogP contribution is 2.27. The number of Topliss-reactive ketones (excluding diaryl/α,β-unsaturated/α-hetero) is 1. The molecule has 0 fully saturated rings. The van der Waals surface area contributed by atoms with Gasteiger partial charge in [0.2, 0.25) is 5.91 Å². The Bertz CT molecular complexity index is 1320. The Morgan fingerprint density at radius 2 is 1.50 bits per heavy atom. The van der Waals surface area contributed by atoms with Crippen molar-refractivity contribution in [2.45, 2.75) is 122 Å². The molecule has 3 atom stereocenters. The summed E-state index contributed by atoms with van der Waals surface area (Å²) in [6, 6.07) is 13.7. The molecular formula is C39H55NO8. The number of nitrogens with one attached hydrogen (secondary N) is 1. The zero-order chi connectivity index (χ0) is 35.4. The maximum Gasteiger partial charge on any atom is 0.326 e. The van der Waals surface area contributed by atoms with Crippen molar-refractivity contribution in [3.8, 4) is 16.9 Å². The van der Waals surface area contributed by atoms with Crippen molar-refractivity contribution in [1.82, 2.24) is 5.32 Å². The number of hydrogen-bond acceptors (Lipinski definition) is 6. The first-order valence-corrected chi connectivity index (χ1v) is 17.4. The minimum atomic E-state index is -1.71. The zero-order valence-corrected chi connectivity index (χ0v) is 28.9. The smallest absolute Gasteiger partial charge is 0.326 e. The Balaban J connectivity index is 1.96. The first-order chi connectivity index (χ1) is 23.0. The van der Waals surface area contributed by atoms with E-state index in [1.165, 1.54) is 26.2 Å². The van der Waals surface area contributed by atoms with Gasteiger partial charge >= 0.3 is 11.9 Å². The Kier molecular flexibility index (Phi) is 18.3. The molecule has 264 valence electrons. The molecule has 0 aliphatic rings. The first kappa shape index (κ1) is 40.2. The van der Waals surface area contributed by atoms with Crippen LogP contribution in [0.25, 0.3) is 11.1 Å². The number of aliphatic hydroxyl groups is 1. The fourth-order valence-corrected chi connectivity index (χ4v) is 5.65. The number of hydrogen-bond donors (Lipinski definition) is 4. The standard InChI is InChI=1S/C39H55NO8/c1-4-5-6-9-12-17-32(41)18-13-10-7-8-11-14-20-34(39(2,47)26-25-36(42)43)37(44)40-35(38(45)46)27-29-21-23-30(24-22-29)31-16-15-19-33(28-31)48-3/h14-16,19-24,28,34-35,47H,4-13,17-18,25-27H2,1-3H3,(H,40,44)(H,42,43)(H,45,46)/b20-14+/t34-,35+,39+/m1/s1. The fraction of sp³-hybridized carbons (Fsp3) is 0.538. The van der Waals surface area contributed by atoms with Gasteiger partial charge in [-0.15, -0.1) is 0 Å². The van der Waals surface area contributed by atoms with Gasteiger partial charge in [0.15, 0.2) is 0 Å². The maximum absolute atomic E-state index is 13.5. The molecule has 0 heterocycles. The van der Waals surface area contributed by atoms with Gasteiger partial charge in [0, 0.05) is 25.7 Å². The van der Waals surface area contributed by atoms with Crippen LogP contribution in [0.15, 0.2) is 60.7 Å². The van der Waals surface area contributed by atoms with E-state index in [2.05, 4.69) is 12.2 Å². The molecule has 2 aromatic carbocycles. The van der Waals surface area contributed by atoms with E-state index in [1.54, 1.807) is 19.3 Å². The molecule has 2 aromatic rings. The quantitative estimate of drug-likeness (QED) is 0.0628. The van der Waals surface area contributed by atoms with Crippen molar-refractivity contribution in [3.05, 3.63) is 66.2 Å². The highest BCUT2D eigenvalue weighted by molar-refractivity contribution is 5.87. The van der Waals surface area contributed by atoms with Crippen LogP contribution in [0.3, 0.4) is 0 Å². The van der Waals surface area contributed by atoms with E-state index in [9.17, 15) is 34.5 Å². The Hall–Kier alpha value is -3.98. The predicted octanol–water partition coefficient (Wildman–Crippen LogP) is 7.53. The molecule has 9 nitrogen and oxygen atoms in total. The lowest BCUT2D eigenvalue weighted by molar-refractivity contribution is -0.144. The van der Waals surface area contributed by atoms with Crippen molar-refractivity contribution in [1.29, 1.82) is 0 Å². The third-order valence-corrected chi connectivity index (χ3v) is 8.67. The Labute approximate surface area is 285 Å². The van der Waals surface area contributed by atoms with E-state index in [0.717, 1.165) is 55.4 Å². The Morgan fingerprint density at radius 1 is 0.854 bits per heavy atom. The van der Waals surface area contributed by atoms with Crippen LogP contribution in [0.5, 0.6) is 5.75 Å². The van der Waals surface area contributed by atoms with Gasteiger partial charge in [0.1, 0.15) is 17.6 Å². The van der Waals surface area contributed by atoms with Crippen molar-refractivity contribution in [2.75, 3.05) is 7.11 Å². The second kappa shape index (κ2) is 21.8. The maximum atomic E-state index is 13.5. The number of ketones is 1. The number of ether oxygens (including phenoxy) is 1. The molecular weight excluding hydrogens is 610 g/mol. The third-order valence-electron chi connectivity index (χ3n) is 8.67. The summed E-state index contributed by atoms with van der Waals surface area (Å²) in [5, 5.41) is 32.9. The highest BCUT2D eigenvalue weighted by Gasteiger charge is 2.37. The minimum absolute atomic E-state index is 0.0223. The average Bonchev–Trinajstić information content (AvgIpc) is 3.06. The van der Waals surface area contributed by atoms with E-state index in [0.29, 0.717) is 30.6 Å². The average molecular weight is 666 g/mol. The molecule has 2 rings (SSSR count). The van der Waals surface area contributed by atoms with Crippen LogP contribution >= 0.6 is 0 Å². The summed E-state index contributed by atoms with van der Waals surface area (Å²) in [5.41, 5.74) is 0.862. The highest BCUT2D eigenvalue weighted by atomic mass is 16.5. The number of unbranched alkanes of at least 4 members (excludes halogenated alkanes) is 8. The van der Waals surface area contributed by atoms with Crippen LogP contribution in [-0.2, 0) is 25.6 Å². The summed E-state index contributed by atoms with van der Waals surface area (Å²) >= 11 is 0. The van der Waals surface area contributed by atoms with Crippen molar-refractivity contribution >= 4 is 23.6 Å². The van der Waals surface area contributed by atoms with Gasteiger partial charge in [-0.1, -0.05) is 94.0 Å². The molecule has 9 heteroatoms. The largest absolute Gasteiger partial charge is 0.497 e. The number of amides is 1. The van der Waals surface area contributed by atoms with E-state index in [1.807, 2.05) is 48.5 Å². The normalized spacial score (nSPS) is 13.8. The van der Waals surface area contributed by atoms with Crippen LogP contribution in [-0.4, -0.2) is 57.7 Å². The van der Waals surface area contributed by atoms with Crippen LogP contribution in [0, 0.1) is 5.92 Å². The monoisotopic (exact) mass is 665 g/mol. The second-order valence-electron chi connectivity index (χ2n) is 12.8. The second-order valence-corrected chi connectivity index (χ2v) is 12.8. The molecule has 0 aliphatic carbocycles. The van der Waals surface area contributed by atoms with Gasteiger partial charge in [-0.05, 0) is 67.9 Å². The number of carboxylic acid groups (broad SMARTS) is 2. The molecule has 0 radical (unpaired) electrons. The van der Waals surface area contributed by atoms with Crippen molar-refractivity contribution < 1.29 is 39.2 Å². The first-order valence-electron chi connectivity index (χ1n) is 17.4. The molecule has 0 unspecified atom stereocenters. The number of rotatable bonds is 25.